The molecule has 0 aliphatic rings. The molecule has 0 aliphatic heterocycles. The first kappa shape index (κ1) is 21.3. The molecule has 0 aliphatic carbocycles. The third kappa shape index (κ3) is 5.34. The summed E-state index contributed by atoms with van der Waals surface area (Å²) in [6.07, 6.45) is 1.38. The first-order chi connectivity index (χ1) is 15.0. The Morgan fingerprint density at radius 3 is 2.10 bits per heavy atom. The van der Waals surface area contributed by atoms with E-state index in [4.69, 9.17) is 14.2 Å². The van der Waals surface area contributed by atoms with Crippen LogP contribution < -0.4 is 19.5 Å². The number of nitrogens with zero attached hydrogens (tertiary/aromatic N) is 1. The summed E-state index contributed by atoms with van der Waals surface area (Å²) in [6, 6.07) is 21.0. The minimum Gasteiger partial charge on any atom is -0.502 e. The maximum Gasteiger partial charge on any atom is 0.266 e. The molecule has 3 aromatic rings. The average Bonchev–Trinajstić information content (AvgIpc) is 2.80. The van der Waals surface area contributed by atoms with Gasteiger partial charge in [-0.1, -0.05) is 18.2 Å². The second kappa shape index (κ2) is 9.85. The number of amides is 1. The number of anilines is 1. The molecule has 31 heavy (non-hydrogen) atoms. The van der Waals surface area contributed by atoms with E-state index in [-0.39, 0.29) is 22.8 Å². The number of nitrogens with one attached hydrogen (secondary N) is 1. The molecule has 0 fully saturated rings. The van der Waals surface area contributed by atoms with Crippen LogP contribution in [0.4, 0.5) is 5.69 Å². The number of phenols is 1. The largest absolute Gasteiger partial charge is 0.502 e. The molecule has 0 bridgehead atoms. The van der Waals surface area contributed by atoms with Gasteiger partial charge in [-0.05, 0) is 60.2 Å². The van der Waals surface area contributed by atoms with Gasteiger partial charge in [-0.25, -0.2) is 0 Å². The van der Waals surface area contributed by atoms with Crippen LogP contribution in [0.1, 0.15) is 5.56 Å². The van der Waals surface area contributed by atoms with E-state index >= 15 is 0 Å². The van der Waals surface area contributed by atoms with Crippen LogP contribution in [-0.4, -0.2) is 25.2 Å². The normalized spacial score (nSPS) is 10.7. The minimum atomic E-state index is -0.578. The molecule has 0 spiro atoms. The van der Waals surface area contributed by atoms with Crippen LogP contribution in [0.15, 0.2) is 72.3 Å². The van der Waals surface area contributed by atoms with E-state index in [1.54, 1.807) is 24.3 Å². The zero-order valence-electron chi connectivity index (χ0n) is 17.0. The first-order valence-corrected chi connectivity index (χ1v) is 9.25. The Hall–Kier alpha value is -4.44. The standard InChI is InChI=1S/C24H20N2O5/c1-29-21-13-16(14-22(30-2)23(21)27)12-17(15-25)24(28)26-18-8-10-20(11-9-18)31-19-6-4-3-5-7-19/h3-14,27H,1-2H3,(H,26,28)/b17-12+. The molecule has 1 amide bonds. The average molecular weight is 416 g/mol. The highest BCUT2D eigenvalue weighted by atomic mass is 16.5. The molecule has 0 atom stereocenters. The molecule has 3 rings (SSSR count). The van der Waals surface area contributed by atoms with Crippen LogP contribution in [0.25, 0.3) is 6.08 Å². The summed E-state index contributed by atoms with van der Waals surface area (Å²) in [6.45, 7) is 0. The monoisotopic (exact) mass is 416 g/mol. The summed E-state index contributed by atoms with van der Waals surface area (Å²) < 4.78 is 15.9. The summed E-state index contributed by atoms with van der Waals surface area (Å²) in [5.41, 5.74) is 0.844. The number of methoxy groups -OCH3 is 2. The summed E-state index contributed by atoms with van der Waals surface area (Å²) in [5.74, 6) is 0.903. The summed E-state index contributed by atoms with van der Waals surface area (Å²) >= 11 is 0. The van der Waals surface area contributed by atoms with Crippen molar-refractivity contribution in [3.63, 3.8) is 0 Å². The van der Waals surface area contributed by atoms with E-state index in [2.05, 4.69) is 5.32 Å². The van der Waals surface area contributed by atoms with E-state index in [1.165, 1.54) is 32.4 Å². The van der Waals surface area contributed by atoms with Crippen LogP contribution in [0.3, 0.4) is 0 Å². The van der Waals surface area contributed by atoms with Gasteiger partial charge < -0.3 is 24.6 Å². The van der Waals surface area contributed by atoms with Gasteiger partial charge in [-0.3, -0.25) is 4.79 Å². The summed E-state index contributed by atoms with van der Waals surface area (Å²) in [4.78, 5) is 12.6. The van der Waals surface area contributed by atoms with Crippen molar-refractivity contribution in [3.8, 4) is 34.8 Å². The lowest BCUT2D eigenvalue weighted by atomic mass is 10.1. The fourth-order valence-corrected chi connectivity index (χ4v) is 2.74. The number of ether oxygens (including phenoxy) is 3. The Morgan fingerprint density at radius 2 is 1.55 bits per heavy atom. The van der Waals surface area contributed by atoms with Crippen molar-refractivity contribution < 1.29 is 24.1 Å². The Bertz CT molecular complexity index is 1110. The predicted molar refractivity (Wildman–Crippen MR) is 116 cm³/mol. The Labute approximate surface area is 179 Å². The van der Waals surface area contributed by atoms with Gasteiger partial charge in [0.05, 0.1) is 14.2 Å². The van der Waals surface area contributed by atoms with Gasteiger partial charge in [-0.15, -0.1) is 0 Å². The van der Waals surface area contributed by atoms with Gasteiger partial charge in [0.25, 0.3) is 5.91 Å². The van der Waals surface area contributed by atoms with Crippen molar-refractivity contribution >= 4 is 17.7 Å². The molecule has 7 heteroatoms. The molecule has 2 N–H and O–H groups in total. The van der Waals surface area contributed by atoms with Crippen molar-refractivity contribution in [2.45, 2.75) is 0 Å². The van der Waals surface area contributed by atoms with Gasteiger partial charge in [0.2, 0.25) is 5.75 Å². The maximum absolute atomic E-state index is 12.6. The van der Waals surface area contributed by atoms with Crippen LogP contribution in [-0.2, 0) is 4.79 Å². The lowest BCUT2D eigenvalue weighted by molar-refractivity contribution is -0.112. The quantitative estimate of drug-likeness (QED) is 0.426. The van der Waals surface area contributed by atoms with Gasteiger partial charge >= 0.3 is 0 Å². The van der Waals surface area contributed by atoms with Gasteiger partial charge in [-0.2, -0.15) is 5.26 Å². The van der Waals surface area contributed by atoms with Crippen molar-refractivity contribution in [2.24, 2.45) is 0 Å². The lowest BCUT2D eigenvalue weighted by Crippen LogP contribution is -2.13. The van der Waals surface area contributed by atoms with Crippen LogP contribution >= 0.6 is 0 Å². The second-order valence-corrected chi connectivity index (χ2v) is 6.34. The first-order valence-electron chi connectivity index (χ1n) is 9.25. The number of nitriles is 1. The molecule has 0 radical (unpaired) electrons. The number of hydrogen-bond acceptors (Lipinski definition) is 6. The van der Waals surface area contributed by atoms with Gasteiger partial charge in [0.1, 0.15) is 23.1 Å². The maximum atomic E-state index is 12.6. The molecular weight excluding hydrogens is 396 g/mol. The molecule has 0 saturated carbocycles. The number of phenolic OH excluding ortho intramolecular Hbond substituents is 1. The van der Waals surface area contributed by atoms with E-state index in [0.717, 1.165) is 0 Å². The molecule has 0 aromatic heterocycles. The van der Waals surface area contributed by atoms with Crippen LogP contribution in [0.2, 0.25) is 0 Å². The van der Waals surface area contributed by atoms with Crippen molar-refractivity contribution in [1.29, 1.82) is 5.26 Å². The van der Waals surface area contributed by atoms with E-state index in [1.807, 2.05) is 36.4 Å². The van der Waals surface area contributed by atoms with Crippen LogP contribution in [0, 0.1) is 11.3 Å². The number of carbonyl (C=O) groups excluding carboxylic acids is 1. The van der Waals surface area contributed by atoms with E-state index < -0.39 is 5.91 Å². The molecule has 156 valence electrons. The fourth-order valence-electron chi connectivity index (χ4n) is 2.74. The number of carbonyl (C=O) groups is 1. The number of benzene rings is 3. The second-order valence-electron chi connectivity index (χ2n) is 6.34. The number of hydrogen-bond donors (Lipinski definition) is 2. The van der Waals surface area contributed by atoms with Crippen molar-refractivity contribution in [3.05, 3.63) is 77.9 Å². The zero-order chi connectivity index (χ0) is 22.2. The smallest absolute Gasteiger partial charge is 0.266 e. The number of aromatic hydroxyl groups is 1. The third-order valence-electron chi connectivity index (χ3n) is 4.27. The Balaban J connectivity index is 1.75. The highest BCUT2D eigenvalue weighted by Gasteiger charge is 2.14. The van der Waals surface area contributed by atoms with Gasteiger partial charge in [0.15, 0.2) is 11.5 Å². The topological polar surface area (TPSA) is 101 Å². The van der Waals surface area contributed by atoms with Gasteiger partial charge in [0, 0.05) is 5.69 Å². The minimum absolute atomic E-state index is 0.126. The Kier molecular flexibility index (Phi) is 6.76. The number of rotatable bonds is 7. The molecule has 0 heterocycles. The Morgan fingerprint density at radius 1 is 0.968 bits per heavy atom. The lowest BCUT2D eigenvalue weighted by Gasteiger charge is -2.10. The molecular formula is C24H20N2O5. The van der Waals surface area contributed by atoms with E-state index in [9.17, 15) is 15.2 Å². The third-order valence-corrected chi connectivity index (χ3v) is 4.27. The highest BCUT2D eigenvalue weighted by molar-refractivity contribution is 6.09. The fraction of sp³-hybridized carbons (Fsp3) is 0.0833. The van der Waals surface area contributed by atoms with Crippen molar-refractivity contribution in [2.75, 3.05) is 19.5 Å². The molecule has 3 aromatic carbocycles. The molecule has 0 unspecified atom stereocenters. The molecule has 0 saturated heterocycles. The number of para-hydroxylation sites is 1. The SMILES string of the molecule is COc1cc(/C=C(\C#N)C(=O)Nc2ccc(Oc3ccccc3)cc2)cc(OC)c1O. The molecule has 7 nitrogen and oxygen atoms in total. The zero-order valence-corrected chi connectivity index (χ0v) is 17.0. The van der Waals surface area contributed by atoms with Crippen LogP contribution in [0.5, 0.6) is 28.7 Å². The van der Waals surface area contributed by atoms with Crippen molar-refractivity contribution in [1.82, 2.24) is 0 Å². The highest BCUT2D eigenvalue weighted by Crippen LogP contribution is 2.37. The summed E-state index contributed by atoms with van der Waals surface area (Å²) in [5, 5.41) is 22.1. The summed E-state index contributed by atoms with van der Waals surface area (Å²) in [7, 11) is 2.79. The van der Waals surface area contributed by atoms with E-state index in [0.29, 0.717) is 22.7 Å². The predicted octanol–water partition coefficient (Wildman–Crippen LogP) is 4.75.